The van der Waals surface area contributed by atoms with Crippen molar-refractivity contribution in [3.63, 3.8) is 0 Å². The molecule has 3 heterocycles. The molecule has 0 aliphatic carbocycles. The molecule has 2 fully saturated rings. The summed E-state index contributed by atoms with van der Waals surface area (Å²) in [5, 5.41) is 12.2. The van der Waals surface area contributed by atoms with Crippen LogP contribution in [0.4, 0.5) is 0 Å². The van der Waals surface area contributed by atoms with E-state index in [0.717, 1.165) is 29.5 Å². The van der Waals surface area contributed by atoms with Gasteiger partial charge < -0.3 is 9.52 Å². The third-order valence-corrected chi connectivity index (χ3v) is 5.77. The largest absolute Gasteiger partial charge is 0.443 e. The molecule has 94 valence electrons. The number of aliphatic hydroxyl groups is 1. The quantitative estimate of drug-likeness (QED) is 0.857. The fourth-order valence-electron chi connectivity index (χ4n) is 3.30. The summed E-state index contributed by atoms with van der Waals surface area (Å²) in [6.07, 6.45) is 5.71. The molecule has 4 rings (SSSR count). The van der Waals surface area contributed by atoms with Crippen LogP contribution in [0.15, 0.2) is 29.0 Å². The van der Waals surface area contributed by atoms with E-state index >= 15 is 0 Å². The number of oxazole rings is 1. The molecule has 2 atom stereocenters. The molecule has 2 unspecified atom stereocenters. The Bertz CT molecular complexity index is 582. The Morgan fingerprint density at radius 3 is 2.83 bits per heavy atom. The maximum absolute atomic E-state index is 10.9. The minimum absolute atomic E-state index is 0.627. The first-order valence-electron chi connectivity index (χ1n) is 6.44. The van der Waals surface area contributed by atoms with Gasteiger partial charge in [0.15, 0.2) is 12.0 Å². The molecule has 2 aliphatic heterocycles. The van der Waals surface area contributed by atoms with Crippen molar-refractivity contribution in [1.29, 1.82) is 0 Å². The van der Waals surface area contributed by atoms with E-state index in [4.69, 9.17) is 4.42 Å². The number of benzene rings is 1. The van der Waals surface area contributed by atoms with E-state index in [9.17, 15) is 5.11 Å². The molecule has 18 heavy (non-hydrogen) atoms. The van der Waals surface area contributed by atoms with Gasteiger partial charge in [0.1, 0.15) is 5.52 Å². The Morgan fingerprint density at radius 2 is 2.06 bits per heavy atom. The van der Waals surface area contributed by atoms with Gasteiger partial charge in [0.05, 0.1) is 5.60 Å². The van der Waals surface area contributed by atoms with Crippen LogP contribution in [-0.2, 0) is 5.60 Å². The number of nitrogens with zero attached hydrogens (tertiary/aromatic N) is 1. The molecule has 0 amide bonds. The van der Waals surface area contributed by atoms with Crippen molar-refractivity contribution >= 4 is 22.9 Å². The number of hydrogen-bond acceptors (Lipinski definition) is 4. The van der Waals surface area contributed by atoms with Crippen LogP contribution in [0.2, 0.25) is 0 Å². The van der Waals surface area contributed by atoms with Crippen molar-refractivity contribution in [3.05, 3.63) is 30.2 Å². The SMILES string of the molecule is OC1(c2ccc3ocnc3c2)CC2CCC(C1)S2. The monoisotopic (exact) mass is 261 g/mol. The van der Waals surface area contributed by atoms with Crippen molar-refractivity contribution in [2.24, 2.45) is 0 Å². The topological polar surface area (TPSA) is 46.3 Å². The molecule has 2 saturated heterocycles. The maximum Gasteiger partial charge on any atom is 0.181 e. The minimum Gasteiger partial charge on any atom is -0.443 e. The van der Waals surface area contributed by atoms with Crippen LogP contribution in [0.5, 0.6) is 0 Å². The first-order chi connectivity index (χ1) is 8.73. The van der Waals surface area contributed by atoms with E-state index < -0.39 is 5.60 Å². The highest BCUT2D eigenvalue weighted by atomic mass is 32.2. The third-order valence-electron chi connectivity index (χ3n) is 4.19. The lowest BCUT2D eigenvalue weighted by Gasteiger charge is -2.36. The number of aromatic nitrogens is 1. The van der Waals surface area contributed by atoms with Crippen molar-refractivity contribution in [2.75, 3.05) is 0 Å². The Morgan fingerprint density at radius 1 is 1.28 bits per heavy atom. The lowest BCUT2D eigenvalue weighted by atomic mass is 9.86. The zero-order valence-corrected chi connectivity index (χ0v) is 10.8. The van der Waals surface area contributed by atoms with Crippen LogP contribution >= 0.6 is 11.8 Å². The van der Waals surface area contributed by atoms with E-state index in [1.165, 1.54) is 19.2 Å². The van der Waals surface area contributed by atoms with Crippen LogP contribution in [0.25, 0.3) is 11.1 Å². The van der Waals surface area contributed by atoms with Gasteiger partial charge in [0.25, 0.3) is 0 Å². The van der Waals surface area contributed by atoms with Crippen LogP contribution < -0.4 is 0 Å². The Hall–Kier alpha value is -1.00. The van der Waals surface area contributed by atoms with Gasteiger partial charge in [-0.2, -0.15) is 11.8 Å². The molecule has 2 aliphatic rings. The minimum atomic E-state index is -0.662. The van der Waals surface area contributed by atoms with E-state index in [1.54, 1.807) is 0 Å². The zero-order chi connectivity index (χ0) is 12.2. The Labute approximate surface area is 110 Å². The molecule has 4 heteroatoms. The first kappa shape index (κ1) is 10.9. The van der Waals surface area contributed by atoms with Crippen molar-refractivity contribution < 1.29 is 9.52 Å². The Balaban J connectivity index is 1.76. The summed E-state index contributed by atoms with van der Waals surface area (Å²) in [5.74, 6) is 0. The van der Waals surface area contributed by atoms with Gasteiger partial charge in [0.2, 0.25) is 0 Å². The highest BCUT2D eigenvalue weighted by Crippen LogP contribution is 2.51. The summed E-state index contributed by atoms with van der Waals surface area (Å²) in [5.41, 5.74) is 1.97. The molecule has 0 spiro atoms. The fraction of sp³-hybridized carbons (Fsp3) is 0.500. The van der Waals surface area contributed by atoms with Gasteiger partial charge in [-0.3, -0.25) is 0 Å². The summed E-state index contributed by atoms with van der Waals surface area (Å²) >= 11 is 2.06. The van der Waals surface area contributed by atoms with E-state index in [-0.39, 0.29) is 0 Å². The summed E-state index contributed by atoms with van der Waals surface area (Å²) < 4.78 is 5.25. The standard InChI is InChI=1S/C14H15NO2S/c16-14(6-10-2-3-11(7-14)18-10)9-1-4-13-12(5-9)15-8-17-13/h1,4-5,8,10-11,16H,2-3,6-7H2. The van der Waals surface area contributed by atoms with Crippen molar-refractivity contribution in [3.8, 4) is 0 Å². The molecule has 1 aromatic heterocycles. The Kier molecular flexibility index (Phi) is 2.26. The van der Waals surface area contributed by atoms with Gasteiger partial charge in [-0.15, -0.1) is 0 Å². The lowest BCUT2D eigenvalue weighted by Crippen LogP contribution is -2.34. The van der Waals surface area contributed by atoms with Gasteiger partial charge in [-0.25, -0.2) is 4.98 Å². The normalized spacial score (nSPS) is 35.2. The van der Waals surface area contributed by atoms with Gasteiger partial charge in [-0.1, -0.05) is 6.07 Å². The van der Waals surface area contributed by atoms with Gasteiger partial charge in [-0.05, 0) is 43.4 Å². The summed E-state index contributed by atoms with van der Waals surface area (Å²) in [4.78, 5) is 4.18. The first-order valence-corrected chi connectivity index (χ1v) is 7.39. The zero-order valence-electron chi connectivity index (χ0n) is 10.0. The molecule has 0 saturated carbocycles. The predicted molar refractivity (Wildman–Crippen MR) is 71.5 cm³/mol. The molecule has 1 aromatic carbocycles. The third kappa shape index (κ3) is 1.59. The number of thioether (sulfide) groups is 1. The number of rotatable bonds is 1. The predicted octanol–water partition coefficient (Wildman–Crippen LogP) is 3.07. The van der Waals surface area contributed by atoms with Crippen LogP contribution in [0.1, 0.15) is 31.2 Å². The summed E-state index contributed by atoms with van der Waals surface area (Å²) in [6.45, 7) is 0. The summed E-state index contributed by atoms with van der Waals surface area (Å²) in [7, 11) is 0. The van der Waals surface area contributed by atoms with Crippen molar-refractivity contribution in [2.45, 2.75) is 41.8 Å². The average molecular weight is 261 g/mol. The molecular weight excluding hydrogens is 246 g/mol. The van der Waals surface area contributed by atoms with Crippen molar-refractivity contribution in [1.82, 2.24) is 4.98 Å². The van der Waals surface area contributed by atoms with Gasteiger partial charge in [0, 0.05) is 10.5 Å². The molecular formula is C14H15NO2S. The van der Waals surface area contributed by atoms with Crippen LogP contribution in [-0.4, -0.2) is 20.6 Å². The molecule has 2 aromatic rings. The fourth-order valence-corrected chi connectivity index (χ4v) is 5.13. The second-order valence-corrected chi connectivity index (χ2v) is 7.04. The highest BCUT2D eigenvalue weighted by Gasteiger charge is 2.44. The number of fused-ring (bicyclic) bond motifs is 3. The second kappa shape index (κ2) is 3.75. The molecule has 0 radical (unpaired) electrons. The van der Waals surface area contributed by atoms with Crippen LogP contribution in [0, 0.1) is 0 Å². The van der Waals surface area contributed by atoms with Crippen LogP contribution in [0.3, 0.4) is 0 Å². The van der Waals surface area contributed by atoms with E-state index in [0.29, 0.717) is 10.5 Å². The average Bonchev–Trinajstić information content (AvgIpc) is 2.95. The van der Waals surface area contributed by atoms with E-state index in [2.05, 4.69) is 16.7 Å². The molecule has 1 N–H and O–H groups in total. The highest BCUT2D eigenvalue weighted by molar-refractivity contribution is 8.00. The van der Waals surface area contributed by atoms with E-state index in [1.807, 2.05) is 18.2 Å². The molecule has 2 bridgehead atoms. The van der Waals surface area contributed by atoms with Gasteiger partial charge >= 0.3 is 0 Å². The maximum atomic E-state index is 10.9. The molecule has 3 nitrogen and oxygen atoms in total. The summed E-state index contributed by atoms with van der Waals surface area (Å²) in [6, 6.07) is 5.89. The lowest BCUT2D eigenvalue weighted by molar-refractivity contribution is 0.0197. The smallest absolute Gasteiger partial charge is 0.181 e. The number of hydrogen-bond donors (Lipinski definition) is 1. The second-order valence-electron chi connectivity index (χ2n) is 5.43.